The number of anilines is 3. The zero-order valence-corrected chi connectivity index (χ0v) is 28.0. The Bertz CT molecular complexity index is 1840. The third-order valence-electron chi connectivity index (χ3n) is 10.2. The van der Waals surface area contributed by atoms with E-state index >= 15 is 0 Å². The Balaban J connectivity index is 0.918. The second kappa shape index (κ2) is 13.4. The summed E-state index contributed by atoms with van der Waals surface area (Å²) >= 11 is 0. The fourth-order valence-corrected chi connectivity index (χ4v) is 7.41. The van der Waals surface area contributed by atoms with Crippen LogP contribution in [0.4, 0.5) is 22.1 Å². The van der Waals surface area contributed by atoms with Gasteiger partial charge >= 0.3 is 6.09 Å². The van der Waals surface area contributed by atoms with E-state index in [1.807, 2.05) is 47.2 Å². The van der Waals surface area contributed by atoms with Crippen LogP contribution in [0.25, 0.3) is 5.65 Å². The number of piperidine rings is 1. The summed E-state index contributed by atoms with van der Waals surface area (Å²) in [5, 5.41) is 35.7. The standard InChI is InChI=1S/C33H43N13O3/c1-3-25-15-36-46(19-25)33(8-9-34)22-42(23-33)28-5-4-10-45-30(28)38-31(39-45)37-27-16-35-43(20-27)21-29(47)41-11-6-26(7-12-41)18-40-13-14-44(32(48)49)24(2)17-40/h4-5,10,15-16,19-20,24,26H,3,6-8,11-14,17-18,21-23H2,1-2H3,(H,37,39)(H,48,49). The summed E-state index contributed by atoms with van der Waals surface area (Å²) < 4.78 is 5.32. The van der Waals surface area contributed by atoms with Crippen LogP contribution in [-0.4, -0.2) is 124 Å². The minimum atomic E-state index is -0.847. The van der Waals surface area contributed by atoms with Gasteiger partial charge < -0.3 is 25.1 Å². The van der Waals surface area contributed by atoms with Crippen molar-refractivity contribution in [3.05, 3.63) is 48.7 Å². The first-order valence-electron chi connectivity index (χ1n) is 17.0. The van der Waals surface area contributed by atoms with E-state index < -0.39 is 6.09 Å². The Morgan fingerprint density at radius 2 is 1.94 bits per heavy atom. The number of pyridine rings is 1. The maximum atomic E-state index is 13.1. The van der Waals surface area contributed by atoms with Gasteiger partial charge in [0.1, 0.15) is 12.1 Å². The van der Waals surface area contributed by atoms with E-state index in [4.69, 9.17) is 4.98 Å². The lowest BCUT2D eigenvalue weighted by Gasteiger charge is -2.50. The van der Waals surface area contributed by atoms with Crippen molar-refractivity contribution in [1.82, 2.24) is 48.9 Å². The molecular formula is C33H43N13O3. The van der Waals surface area contributed by atoms with Gasteiger partial charge in [0.05, 0.1) is 36.3 Å². The predicted octanol–water partition coefficient (Wildman–Crippen LogP) is 2.48. The molecule has 1 atom stereocenters. The number of amides is 2. The third kappa shape index (κ3) is 6.62. The Morgan fingerprint density at radius 1 is 1.12 bits per heavy atom. The third-order valence-corrected chi connectivity index (χ3v) is 10.2. The predicted molar refractivity (Wildman–Crippen MR) is 180 cm³/mol. The number of rotatable bonds is 10. The van der Waals surface area contributed by atoms with Crippen LogP contribution in [-0.2, 0) is 23.3 Å². The minimum Gasteiger partial charge on any atom is -0.465 e. The lowest BCUT2D eigenvalue weighted by Crippen LogP contribution is -2.63. The van der Waals surface area contributed by atoms with Crippen molar-refractivity contribution in [2.24, 2.45) is 5.92 Å². The van der Waals surface area contributed by atoms with E-state index in [-0.39, 0.29) is 24.0 Å². The molecule has 0 radical (unpaired) electrons. The molecule has 0 saturated carbocycles. The van der Waals surface area contributed by atoms with Crippen LogP contribution >= 0.6 is 0 Å². The van der Waals surface area contributed by atoms with Gasteiger partial charge in [-0.3, -0.25) is 19.1 Å². The molecule has 258 valence electrons. The van der Waals surface area contributed by atoms with E-state index in [2.05, 4.69) is 43.4 Å². The summed E-state index contributed by atoms with van der Waals surface area (Å²) in [5.41, 5.74) is 3.09. The fourth-order valence-electron chi connectivity index (χ4n) is 7.41. The average Bonchev–Trinajstić information content (AvgIpc) is 3.83. The number of carboxylic acid groups (broad SMARTS) is 1. The molecule has 7 heterocycles. The van der Waals surface area contributed by atoms with E-state index in [1.54, 1.807) is 21.6 Å². The summed E-state index contributed by atoms with van der Waals surface area (Å²) in [5.74, 6) is 0.955. The Labute approximate surface area is 284 Å². The molecule has 2 amide bonds. The number of hydrogen-bond acceptors (Lipinski definition) is 10. The van der Waals surface area contributed by atoms with Crippen LogP contribution in [0.3, 0.4) is 0 Å². The van der Waals surface area contributed by atoms with Crippen LogP contribution in [0.15, 0.2) is 43.1 Å². The number of hydrogen-bond donors (Lipinski definition) is 2. The van der Waals surface area contributed by atoms with Crippen LogP contribution in [0.1, 0.15) is 38.7 Å². The summed E-state index contributed by atoms with van der Waals surface area (Å²) in [7, 11) is 0. The van der Waals surface area contributed by atoms with Crippen LogP contribution in [0, 0.1) is 17.2 Å². The second-order valence-corrected chi connectivity index (χ2v) is 13.6. The first-order chi connectivity index (χ1) is 23.7. The lowest BCUT2D eigenvalue weighted by molar-refractivity contribution is -0.133. The molecule has 16 heteroatoms. The number of fused-ring (bicyclic) bond motifs is 1. The first kappa shape index (κ1) is 32.4. The minimum absolute atomic E-state index is 0.00714. The summed E-state index contributed by atoms with van der Waals surface area (Å²) in [4.78, 5) is 37.3. The molecular weight excluding hydrogens is 626 g/mol. The molecule has 16 nitrogen and oxygen atoms in total. The van der Waals surface area contributed by atoms with Crippen molar-refractivity contribution in [2.75, 3.05) is 62.6 Å². The van der Waals surface area contributed by atoms with E-state index in [0.717, 1.165) is 50.1 Å². The van der Waals surface area contributed by atoms with Gasteiger partial charge in [0, 0.05) is 77.0 Å². The monoisotopic (exact) mass is 669 g/mol. The molecule has 0 aromatic carbocycles. The highest BCUT2D eigenvalue weighted by Gasteiger charge is 2.46. The van der Waals surface area contributed by atoms with Crippen LogP contribution in [0.2, 0.25) is 0 Å². The molecule has 0 bridgehead atoms. The zero-order chi connectivity index (χ0) is 34.1. The van der Waals surface area contributed by atoms with Gasteiger partial charge in [-0.2, -0.15) is 20.4 Å². The summed E-state index contributed by atoms with van der Waals surface area (Å²) in [6.45, 7) is 9.91. The Hall–Kier alpha value is -5.17. The van der Waals surface area contributed by atoms with Gasteiger partial charge in [-0.1, -0.05) is 6.92 Å². The SMILES string of the molecule is CCc1cnn(C2(CC#N)CN(c3cccn4nc(Nc5cnn(CC(=O)N6CCC(CN7CCN(C(=O)O)C(C)C7)CC6)c5)nc34)C2)c1. The molecule has 0 spiro atoms. The molecule has 3 saturated heterocycles. The van der Waals surface area contributed by atoms with E-state index in [9.17, 15) is 20.0 Å². The summed E-state index contributed by atoms with van der Waals surface area (Å²) in [6, 6.07) is 6.29. The smallest absolute Gasteiger partial charge is 0.407 e. The van der Waals surface area contributed by atoms with E-state index in [0.29, 0.717) is 62.3 Å². The van der Waals surface area contributed by atoms with Crippen molar-refractivity contribution in [3.63, 3.8) is 0 Å². The highest BCUT2D eigenvalue weighted by molar-refractivity contribution is 5.76. The molecule has 7 rings (SSSR count). The number of likely N-dealkylation sites (tertiary alicyclic amines) is 1. The number of carbonyl (C=O) groups is 2. The van der Waals surface area contributed by atoms with Gasteiger partial charge in [-0.15, -0.1) is 5.10 Å². The maximum absolute atomic E-state index is 13.1. The highest BCUT2D eigenvalue weighted by atomic mass is 16.4. The van der Waals surface area contributed by atoms with Crippen molar-refractivity contribution >= 4 is 35.0 Å². The number of aryl methyl sites for hydroxylation is 1. The normalized spacial score (nSPS) is 19.9. The number of carbonyl (C=O) groups excluding carboxylic acids is 1. The van der Waals surface area contributed by atoms with Gasteiger partial charge in [0.2, 0.25) is 11.9 Å². The molecule has 3 aliphatic rings. The number of piperazine rings is 1. The topological polar surface area (TPSA) is 169 Å². The maximum Gasteiger partial charge on any atom is 0.407 e. The highest BCUT2D eigenvalue weighted by Crippen LogP contribution is 2.37. The van der Waals surface area contributed by atoms with Crippen molar-refractivity contribution in [1.29, 1.82) is 5.26 Å². The second-order valence-electron chi connectivity index (χ2n) is 13.6. The first-order valence-corrected chi connectivity index (χ1v) is 17.0. The van der Waals surface area contributed by atoms with Crippen LogP contribution in [0.5, 0.6) is 0 Å². The molecule has 4 aromatic heterocycles. The van der Waals surface area contributed by atoms with Crippen molar-refractivity contribution in [2.45, 2.75) is 57.7 Å². The fraction of sp³-hybridized carbons (Fsp3) is 0.545. The van der Waals surface area contributed by atoms with Gasteiger partial charge in [-0.05, 0) is 49.8 Å². The van der Waals surface area contributed by atoms with Gasteiger partial charge in [0.25, 0.3) is 0 Å². The van der Waals surface area contributed by atoms with Gasteiger partial charge in [0.15, 0.2) is 5.65 Å². The molecule has 1 unspecified atom stereocenters. The van der Waals surface area contributed by atoms with E-state index in [1.165, 1.54) is 4.90 Å². The largest absolute Gasteiger partial charge is 0.465 e. The summed E-state index contributed by atoms with van der Waals surface area (Å²) in [6.07, 6.45) is 11.5. The number of nitriles is 1. The van der Waals surface area contributed by atoms with Crippen molar-refractivity contribution in [3.8, 4) is 6.07 Å². The van der Waals surface area contributed by atoms with Gasteiger partial charge in [-0.25, -0.2) is 9.31 Å². The molecule has 3 fully saturated rings. The number of aromatic nitrogens is 7. The Kier molecular flexibility index (Phi) is 8.84. The molecule has 2 N–H and O–H groups in total. The average molecular weight is 670 g/mol. The lowest BCUT2D eigenvalue weighted by atomic mass is 9.86. The Morgan fingerprint density at radius 3 is 2.65 bits per heavy atom. The zero-order valence-electron chi connectivity index (χ0n) is 28.0. The molecule has 4 aromatic rings. The number of nitrogens with one attached hydrogen (secondary N) is 1. The van der Waals surface area contributed by atoms with Crippen LogP contribution < -0.4 is 10.2 Å². The number of nitrogens with zero attached hydrogens (tertiary/aromatic N) is 12. The molecule has 0 aliphatic carbocycles. The molecule has 49 heavy (non-hydrogen) atoms. The quantitative estimate of drug-likeness (QED) is 0.254. The molecule has 3 aliphatic heterocycles. The van der Waals surface area contributed by atoms with Crippen molar-refractivity contribution < 1.29 is 14.7 Å².